The van der Waals surface area contributed by atoms with Crippen LogP contribution in [0.4, 0.5) is 11.4 Å². The standard InChI is InChI=1S/C23H22ClN3O3S/c24-21-12-11-18(17-22(21)31(29,30)25-19-7-3-1-4-8-19)23(28)27-15-13-26(14-16-27)20-9-5-2-6-10-20/h1-12,17,25H,13-16H2. The number of hydrogen-bond acceptors (Lipinski definition) is 4. The molecule has 1 N–H and O–H groups in total. The third-order valence-corrected chi connectivity index (χ3v) is 7.04. The van der Waals surface area contributed by atoms with Crippen molar-refractivity contribution in [2.75, 3.05) is 35.8 Å². The summed E-state index contributed by atoms with van der Waals surface area (Å²) in [6.45, 7) is 2.54. The monoisotopic (exact) mass is 455 g/mol. The van der Waals surface area contributed by atoms with Crippen LogP contribution in [0.25, 0.3) is 0 Å². The van der Waals surface area contributed by atoms with Gasteiger partial charge in [0.25, 0.3) is 15.9 Å². The quantitative estimate of drug-likeness (QED) is 0.628. The van der Waals surface area contributed by atoms with Crippen molar-refractivity contribution in [2.24, 2.45) is 0 Å². The van der Waals surface area contributed by atoms with Crippen LogP contribution in [0.2, 0.25) is 5.02 Å². The predicted molar refractivity (Wildman–Crippen MR) is 123 cm³/mol. The van der Waals surface area contributed by atoms with Crippen LogP contribution in [0.1, 0.15) is 10.4 Å². The van der Waals surface area contributed by atoms with E-state index in [1.54, 1.807) is 41.3 Å². The molecule has 0 aromatic heterocycles. The molecule has 0 aliphatic carbocycles. The summed E-state index contributed by atoms with van der Waals surface area (Å²) in [5.41, 5.74) is 1.85. The maximum Gasteiger partial charge on any atom is 0.263 e. The normalized spacial score (nSPS) is 14.4. The number of carbonyl (C=O) groups excluding carboxylic acids is 1. The molecule has 1 heterocycles. The Kier molecular flexibility index (Phi) is 6.15. The van der Waals surface area contributed by atoms with Crippen molar-refractivity contribution in [2.45, 2.75) is 4.90 Å². The minimum Gasteiger partial charge on any atom is -0.368 e. The second-order valence-corrected chi connectivity index (χ2v) is 9.29. The molecular weight excluding hydrogens is 434 g/mol. The number of halogens is 1. The van der Waals surface area contributed by atoms with Crippen LogP contribution in [0, 0.1) is 0 Å². The van der Waals surface area contributed by atoms with Gasteiger partial charge in [-0.1, -0.05) is 48.0 Å². The molecule has 0 saturated carbocycles. The first-order valence-corrected chi connectivity index (χ1v) is 11.8. The highest BCUT2D eigenvalue weighted by Crippen LogP contribution is 2.26. The summed E-state index contributed by atoms with van der Waals surface area (Å²) in [5.74, 6) is -0.208. The molecule has 0 unspecified atom stereocenters. The number of piperazine rings is 1. The molecule has 31 heavy (non-hydrogen) atoms. The molecule has 3 aromatic rings. The third-order valence-electron chi connectivity index (χ3n) is 5.18. The highest BCUT2D eigenvalue weighted by molar-refractivity contribution is 7.92. The fourth-order valence-corrected chi connectivity index (χ4v) is 5.13. The van der Waals surface area contributed by atoms with Gasteiger partial charge in [-0.3, -0.25) is 9.52 Å². The Morgan fingerprint density at radius 3 is 2.10 bits per heavy atom. The molecule has 3 aromatic carbocycles. The smallest absolute Gasteiger partial charge is 0.263 e. The van der Waals surface area contributed by atoms with Crippen LogP contribution in [-0.2, 0) is 10.0 Å². The second-order valence-electron chi connectivity index (χ2n) is 7.23. The van der Waals surface area contributed by atoms with Crippen LogP contribution < -0.4 is 9.62 Å². The summed E-state index contributed by atoms with van der Waals surface area (Å²) >= 11 is 6.17. The van der Waals surface area contributed by atoms with Gasteiger partial charge < -0.3 is 9.80 Å². The first-order valence-electron chi connectivity index (χ1n) is 9.91. The zero-order valence-corrected chi connectivity index (χ0v) is 18.3. The second kappa shape index (κ2) is 8.99. The molecule has 0 atom stereocenters. The van der Waals surface area contributed by atoms with Gasteiger partial charge in [0.2, 0.25) is 0 Å². The lowest BCUT2D eigenvalue weighted by Crippen LogP contribution is -2.48. The van der Waals surface area contributed by atoms with E-state index in [1.807, 2.05) is 30.3 Å². The predicted octanol–water partition coefficient (Wildman–Crippen LogP) is 4.10. The maximum atomic E-state index is 13.0. The largest absolute Gasteiger partial charge is 0.368 e. The zero-order chi connectivity index (χ0) is 21.8. The highest BCUT2D eigenvalue weighted by atomic mass is 35.5. The summed E-state index contributed by atoms with van der Waals surface area (Å²) in [6.07, 6.45) is 0. The van der Waals surface area contributed by atoms with E-state index < -0.39 is 10.0 Å². The van der Waals surface area contributed by atoms with Crippen LogP contribution in [0.3, 0.4) is 0 Å². The molecule has 1 fully saturated rings. The number of nitrogens with zero attached hydrogens (tertiary/aromatic N) is 2. The van der Waals surface area contributed by atoms with E-state index in [-0.39, 0.29) is 15.8 Å². The number of nitrogens with one attached hydrogen (secondary N) is 1. The summed E-state index contributed by atoms with van der Waals surface area (Å²) in [6, 6.07) is 23.0. The van der Waals surface area contributed by atoms with Crippen molar-refractivity contribution in [3.8, 4) is 0 Å². The number of carbonyl (C=O) groups is 1. The van der Waals surface area contributed by atoms with Crippen LogP contribution in [0.15, 0.2) is 83.8 Å². The topological polar surface area (TPSA) is 69.7 Å². The molecule has 8 heteroatoms. The fraction of sp³-hybridized carbons (Fsp3) is 0.174. The van der Waals surface area contributed by atoms with E-state index in [1.165, 1.54) is 12.1 Å². The van der Waals surface area contributed by atoms with Crippen molar-refractivity contribution in [1.82, 2.24) is 4.90 Å². The Morgan fingerprint density at radius 1 is 0.839 bits per heavy atom. The molecule has 1 saturated heterocycles. The summed E-state index contributed by atoms with van der Waals surface area (Å²) < 4.78 is 28.2. The molecule has 0 spiro atoms. The summed E-state index contributed by atoms with van der Waals surface area (Å²) in [7, 11) is -3.94. The molecule has 0 radical (unpaired) electrons. The number of sulfonamides is 1. The van der Waals surface area contributed by atoms with Crippen LogP contribution in [0.5, 0.6) is 0 Å². The third kappa shape index (κ3) is 4.84. The molecular formula is C23H22ClN3O3S. The average molecular weight is 456 g/mol. The van der Waals surface area contributed by atoms with Gasteiger partial charge in [-0.05, 0) is 42.5 Å². The zero-order valence-electron chi connectivity index (χ0n) is 16.7. The van der Waals surface area contributed by atoms with Crippen molar-refractivity contribution in [3.63, 3.8) is 0 Å². The highest BCUT2D eigenvalue weighted by Gasteiger charge is 2.25. The lowest BCUT2D eigenvalue weighted by molar-refractivity contribution is 0.0746. The minimum absolute atomic E-state index is 0.0638. The number of benzene rings is 3. The van der Waals surface area contributed by atoms with Crippen molar-refractivity contribution >= 4 is 38.9 Å². The van der Waals surface area contributed by atoms with Crippen LogP contribution in [-0.4, -0.2) is 45.4 Å². The minimum atomic E-state index is -3.94. The van der Waals surface area contributed by atoms with Gasteiger partial charge in [0.15, 0.2) is 0 Å². The van der Waals surface area contributed by atoms with Crippen LogP contribution >= 0.6 is 11.6 Å². The lowest BCUT2D eigenvalue weighted by atomic mass is 10.1. The Bertz CT molecular complexity index is 1160. The fourth-order valence-electron chi connectivity index (χ4n) is 3.55. The van der Waals surface area contributed by atoms with Gasteiger partial charge in [0, 0.05) is 43.1 Å². The van der Waals surface area contributed by atoms with E-state index in [9.17, 15) is 13.2 Å². The summed E-state index contributed by atoms with van der Waals surface area (Å²) in [4.78, 5) is 16.9. The van der Waals surface area contributed by atoms with Gasteiger partial charge in [-0.25, -0.2) is 8.42 Å². The average Bonchev–Trinajstić information content (AvgIpc) is 2.80. The van der Waals surface area contributed by atoms with E-state index in [4.69, 9.17) is 11.6 Å². The SMILES string of the molecule is O=C(c1ccc(Cl)c(S(=O)(=O)Nc2ccccc2)c1)N1CCN(c2ccccc2)CC1. The number of amides is 1. The molecule has 1 amide bonds. The Labute approximate surface area is 187 Å². The van der Waals surface area contributed by atoms with Gasteiger partial charge >= 0.3 is 0 Å². The van der Waals surface area contributed by atoms with E-state index in [0.717, 1.165) is 5.69 Å². The summed E-state index contributed by atoms with van der Waals surface area (Å²) in [5, 5.41) is 0.0638. The van der Waals surface area contributed by atoms with Gasteiger partial charge in [-0.15, -0.1) is 0 Å². The number of rotatable bonds is 5. The lowest BCUT2D eigenvalue weighted by Gasteiger charge is -2.36. The number of anilines is 2. The van der Waals surface area contributed by atoms with Gasteiger partial charge in [0.1, 0.15) is 4.90 Å². The Balaban J connectivity index is 1.50. The molecule has 4 rings (SSSR count). The molecule has 0 bridgehead atoms. The van der Waals surface area contributed by atoms with Crippen molar-refractivity contribution in [3.05, 3.63) is 89.4 Å². The molecule has 160 valence electrons. The van der Waals surface area contributed by atoms with Crippen molar-refractivity contribution in [1.29, 1.82) is 0 Å². The van der Waals surface area contributed by atoms with Crippen molar-refractivity contribution < 1.29 is 13.2 Å². The molecule has 1 aliphatic rings. The molecule has 6 nitrogen and oxygen atoms in total. The number of para-hydroxylation sites is 2. The van der Waals surface area contributed by atoms with E-state index in [0.29, 0.717) is 37.4 Å². The first-order chi connectivity index (χ1) is 14.9. The van der Waals surface area contributed by atoms with E-state index in [2.05, 4.69) is 9.62 Å². The maximum absolute atomic E-state index is 13.0. The number of hydrogen-bond donors (Lipinski definition) is 1. The molecule has 1 aliphatic heterocycles. The van der Waals surface area contributed by atoms with Gasteiger partial charge in [-0.2, -0.15) is 0 Å². The first kappa shape index (κ1) is 21.2. The van der Waals surface area contributed by atoms with E-state index >= 15 is 0 Å². The Hall–Kier alpha value is -3.03. The van der Waals surface area contributed by atoms with Gasteiger partial charge in [0.05, 0.1) is 5.02 Å². The Morgan fingerprint density at radius 2 is 1.45 bits per heavy atom.